The molecular formula is C12H16F3NO2S. The molecule has 108 valence electrons. The van der Waals surface area contributed by atoms with Crippen LogP contribution in [0.1, 0.15) is 31.0 Å². The second kappa shape index (κ2) is 5.50. The van der Waals surface area contributed by atoms with Crippen LogP contribution in [-0.4, -0.2) is 19.4 Å². The van der Waals surface area contributed by atoms with E-state index in [4.69, 9.17) is 5.73 Å². The zero-order valence-corrected chi connectivity index (χ0v) is 11.4. The minimum atomic E-state index is -4.47. The van der Waals surface area contributed by atoms with Crippen molar-refractivity contribution in [2.45, 2.75) is 31.3 Å². The van der Waals surface area contributed by atoms with Crippen molar-refractivity contribution in [1.29, 1.82) is 0 Å². The van der Waals surface area contributed by atoms with Crippen molar-refractivity contribution in [2.75, 3.05) is 5.75 Å². The lowest BCUT2D eigenvalue weighted by Gasteiger charge is -2.16. The highest BCUT2D eigenvalue weighted by Crippen LogP contribution is 2.30. The molecule has 1 unspecified atom stereocenters. The zero-order valence-electron chi connectivity index (χ0n) is 10.6. The average Bonchev–Trinajstić information content (AvgIpc) is 2.27. The highest BCUT2D eigenvalue weighted by Gasteiger charge is 2.31. The Bertz CT molecular complexity index is 538. The molecule has 0 aromatic heterocycles. The fourth-order valence-electron chi connectivity index (χ4n) is 1.48. The molecule has 19 heavy (non-hydrogen) atoms. The first-order valence-corrected chi connectivity index (χ1v) is 7.40. The van der Waals surface area contributed by atoms with E-state index < -0.39 is 32.9 Å². The molecule has 2 N–H and O–H groups in total. The monoisotopic (exact) mass is 295 g/mol. The number of alkyl halides is 3. The number of nitrogens with two attached hydrogens (primary N) is 1. The van der Waals surface area contributed by atoms with Gasteiger partial charge in [0.25, 0.3) is 0 Å². The van der Waals surface area contributed by atoms with Crippen LogP contribution in [0, 0.1) is 0 Å². The summed E-state index contributed by atoms with van der Waals surface area (Å²) in [6, 6.07) is 3.47. The first-order valence-electron chi connectivity index (χ1n) is 5.68. The van der Waals surface area contributed by atoms with Crippen LogP contribution < -0.4 is 5.73 Å². The number of sulfone groups is 1. The normalized spacial score (nSPS) is 14.7. The van der Waals surface area contributed by atoms with Crippen molar-refractivity contribution < 1.29 is 21.6 Å². The van der Waals surface area contributed by atoms with Gasteiger partial charge in [-0.25, -0.2) is 8.42 Å². The maximum atomic E-state index is 12.5. The molecule has 0 spiro atoms. The molecule has 1 rings (SSSR count). The number of rotatable bonds is 4. The van der Waals surface area contributed by atoms with E-state index in [1.54, 1.807) is 0 Å². The third-order valence-electron chi connectivity index (χ3n) is 2.77. The number of hydrogen-bond donors (Lipinski definition) is 1. The Morgan fingerprint density at radius 3 is 2.32 bits per heavy atom. The second-order valence-corrected chi connectivity index (χ2v) is 7.21. The summed E-state index contributed by atoms with van der Waals surface area (Å²) in [6.07, 6.45) is -4.47. The molecule has 7 heteroatoms. The summed E-state index contributed by atoms with van der Waals surface area (Å²) in [7, 11) is -3.40. The molecular weight excluding hydrogens is 279 g/mol. The first kappa shape index (κ1) is 16.0. The van der Waals surface area contributed by atoms with E-state index in [0.29, 0.717) is 0 Å². The van der Waals surface area contributed by atoms with Gasteiger partial charge in [-0.05, 0) is 31.5 Å². The SMILES string of the molecule is CC(C)S(=O)(=O)CC(N)c1cccc(C(F)(F)F)c1. The van der Waals surface area contributed by atoms with Crippen molar-refractivity contribution in [1.82, 2.24) is 0 Å². The molecule has 0 aliphatic rings. The molecule has 1 aromatic carbocycles. The van der Waals surface area contributed by atoms with E-state index in [0.717, 1.165) is 12.1 Å². The van der Waals surface area contributed by atoms with Crippen LogP contribution in [0.3, 0.4) is 0 Å². The average molecular weight is 295 g/mol. The Morgan fingerprint density at radius 1 is 1.26 bits per heavy atom. The fourth-order valence-corrected chi connectivity index (χ4v) is 2.56. The predicted octanol–water partition coefficient (Wildman–Crippen LogP) is 2.53. The third-order valence-corrected chi connectivity index (χ3v) is 5.03. The molecule has 0 aliphatic heterocycles. The van der Waals surface area contributed by atoms with E-state index >= 15 is 0 Å². The second-order valence-electron chi connectivity index (χ2n) is 4.61. The summed E-state index contributed by atoms with van der Waals surface area (Å²) >= 11 is 0. The van der Waals surface area contributed by atoms with Crippen LogP contribution >= 0.6 is 0 Å². The van der Waals surface area contributed by atoms with Gasteiger partial charge >= 0.3 is 6.18 Å². The molecule has 0 fully saturated rings. The summed E-state index contributed by atoms with van der Waals surface area (Å²) in [5.41, 5.74) is 5.02. The molecule has 1 atom stereocenters. The van der Waals surface area contributed by atoms with Crippen LogP contribution in [0.5, 0.6) is 0 Å². The lowest BCUT2D eigenvalue weighted by atomic mass is 10.1. The maximum Gasteiger partial charge on any atom is 0.416 e. The topological polar surface area (TPSA) is 60.2 Å². The zero-order chi connectivity index (χ0) is 14.8. The third kappa shape index (κ3) is 4.21. The molecule has 0 aliphatic carbocycles. The lowest BCUT2D eigenvalue weighted by Crippen LogP contribution is -2.27. The minimum absolute atomic E-state index is 0.166. The van der Waals surface area contributed by atoms with Gasteiger partial charge in [-0.2, -0.15) is 13.2 Å². The summed E-state index contributed by atoms with van der Waals surface area (Å²) < 4.78 is 61.0. The van der Waals surface area contributed by atoms with Crippen molar-refractivity contribution in [3.63, 3.8) is 0 Å². The van der Waals surface area contributed by atoms with E-state index in [1.165, 1.54) is 26.0 Å². The van der Waals surface area contributed by atoms with Crippen LogP contribution in [0.25, 0.3) is 0 Å². The van der Waals surface area contributed by atoms with Gasteiger partial charge in [-0.3, -0.25) is 0 Å². The summed E-state index contributed by atoms with van der Waals surface area (Å²) in [4.78, 5) is 0. The van der Waals surface area contributed by atoms with Gasteiger partial charge < -0.3 is 5.73 Å². The van der Waals surface area contributed by atoms with Gasteiger partial charge in [0.1, 0.15) is 0 Å². The van der Waals surface area contributed by atoms with Crippen LogP contribution in [0.4, 0.5) is 13.2 Å². The van der Waals surface area contributed by atoms with E-state index in [-0.39, 0.29) is 11.3 Å². The van der Waals surface area contributed by atoms with Crippen LogP contribution in [-0.2, 0) is 16.0 Å². The van der Waals surface area contributed by atoms with Crippen molar-refractivity contribution >= 4 is 9.84 Å². The van der Waals surface area contributed by atoms with Crippen LogP contribution in [0.2, 0.25) is 0 Å². The molecule has 0 heterocycles. The summed E-state index contributed by atoms with van der Waals surface area (Å²) in [5.74, 6) is -0.369. The highest BCUT2D eigenvalue weighted by molar-refractivity contribution is 7.92. The molecule has 0 saturated heterocycles. The summed E-state index contributed by atoms with van der Waals surface area (Å²) in [5, 5.41) is -0.607. The Balaban J connectivity index is 2.99. The summed E-state index contributed by atoms with van der Waals surface area (Å²) in [6.45, 7) is 3.02. The Morgan fingerprint density at radius 2 is 1.84 bits per heavy atom. The Hall–Kier alpha value is -1.08. The molecule has 0 radical (unpaired) electrons. The quantitative estimate of drug-likeness (QED) is 0.928. The van der Waals surface area contributed by atoms with Gasteiger partial charge in [0.05, 0.1) is 16.6 Å². The molecule has 0 amide bonds. The molecule has 0 bridgehead atoms. The molecule has 0 saturated carbocycles. The fraction of sp³-hybridized carbons (Fsp3) is 0.500. The number of halogens is 3. The van der Waals surface area contributed by atoms with E-state index in [2.05, 4.69) is 0 Å². The van der Waals surface area contributed by atoms with Crippen LogP contribution in [0.15, 0.2) is 24.3 Å². The smallest absolute Gasteiger partial charge is 0.323 e. The van der Waals surface area contributed by atoms with Gasteiger partial charge in [0.2, 0.25) is 0 Å². The Kier molecular flexibility index (Phi) is 4.63. The first-order chi connectivity index (χ1) is 8.54. The lowest BCUT2D eigenvalue weighted by molar-refractivity contribution is -0.137. The largest absolute Gasteiger partial charge is 0.416 e. The number of benzene rings is 1. The van der Waals surface area contributed by atoms with Crippen molar-refractivity contribution in [3.8, 4) is 0 Å². The predicted molar refractivity (Wildman–Crippen MR) is 67.3 cm³/mol. The standard InChI is InChI=1S/C12H16F3NO2S/c1-8(2)19(17,18)7-11(16)9-4-3-5-10(6-9)12(13,14)15/h3-6,8,11H,7,16H2,1-2H3. The van der Waals surface area contributed by atoms with Crippen molar-refractivity contribution in [2.24, 2.45) is 5.73 Å². The minimum Gasteiger partial charge on any atom is -0.323 e. The van der Waals surface area contributed by atoms with Gasteiger partial charge in [-0.1, -0.05) is 12.1 Å². The van der Waals surface area contributed by atoms with E-state index in [1.807, 2.05) is 0 Å². The number of hydrogen-bond acceptors (Lipinski definition) is 3. The Labute approximate surface area is 110 Å². The van der Waals surface area contributed by atoms with Gasteiger partial charge in [-0.15, -0.1) is 0 Å². The highest BCUT2D eigenvalue weighted by atomic mass is 32.2. The molecule has 3 nitrogen and oxygen atoms in total. The van der Waals surface area contributed by atoms with Gasteiger partial charge in [0, 0.05) is 6.04 Å². The van der Waals surface area contributed by atoms with E-state index in [9.17, 15) is 21.6 Å². The molecule has 1 aromatic rings. The maximum absolute atomic E-state index is 12.5. The van der Waals surface area contributed by atoms with Gasteiger partial charge in [0.15, 0.2) is 9.84 Å². The van der Waals surface area contributed by atoms with Crippen molar-refractivity contribution in [3.05, 3.63) is 35.4 Å².